The van der Waals surface area contributed by atoms with Gasteiger partial charge in [-0.2, -0.15) is 0 Å². The lowest BCUT2D eigenvalue weighted by molar-refractivity contribution is -0.138. The van der Waals surface area contributed by atoms with Crippen LogP contribution in [0.5, 0.6) is 0 Å². The highest BCUT2D eigenvalue weighted by Crippen LogP contribution is 2.25. The van der Waals surface area contributed by atoms with E-state index in [1.165, 1.54) is 12.5 Å². The van der Waals surface area contributed by atoms with Gasteiger partial charge in [-0.3, -0.25) is 0 Å². The van der Waals surface area contributed by atoms with E-state index in [-0.39, 0.29) is 5.97 Å². The highest BCUT2D eigenvalue weighted by molar-refractivity contribution is 6.87. The van der Waals surface area contributed by atoms with Gasteiger partial charge in [0.1, 0.15) is 0 Å². The number of hydrogen-bond donors (Lipinski definition) is 0. The molecule has 0 aromatic carbocycles. The SMILES string of the molecule is C=C(C)C(=O)OCCC[Si](C)(C)O[Si](C)(C)O[Si](C)(C)CCC. The van der Waals surface area contributed by atoms with E-state index in [0.717, 1.165) is 12.5 Å². The topological polar surface area (TPSA) is 44.8 Å². The fourth-order valence-corrected chi connectivity index (χ4v) is 17.0. The summed E-state index contributed by atoms with van der Waals surface area (Å²) in [6.45, 7) is 21.2. The second-order valence-corrected chi connectivity index (χ2v) is 20.4. The normalized spacial score (nSPS) is 13.0. The zero-order chi connectivity index (χ0) is 18.3. The highest BCUT2D eigenvalue weighted by atomic mass is 28.5. The number of carbonyl (C=O) groups is 1. The van der Waals surface area contributed by atoms with Crippen molar-refractivity contribution in [1.29, 1.82) is 0 Å². The smallest absolute Gasteiger partial charge is 0.333 e. The van der Waals surface area contributed by atoms with Crippen LogP contribution in [0.3, 0.4) is 0 Å². The molecule has 0 aromatic heterocycles. The van der Waals surface area contributed by atoms with Gasteiger partial charge in [0.05, 0.1) is 6.61 Å². The lowest BCUT2D eigenvalue weighted by atomic mass is 10.4. The van der Waals surface area contributed by atoms with Crippen LogP contribution in [0, 0.1) is 0 Å². The van der Waals surface area contributed by atoms with E-state index in [2.05, 4.69) is 52.8 Å². The van der Waals surface area contributed by atoms with Crippen molar-refractivity contribution in [2.75, 3.05) is 6.61 Å². The molecule has 0 heterocycles. The molecule has 0 amide bonds. The predicted octanol–water partition coefficient (Wildman–Crippen LogP) is 5.05. The molecule has 0 bridgehead atoms. The molecule has 7 heteroatoms. The molecular weight excluding hydrogens is 340 g/mol. The molecule has 0 rings (SSSR count). The zero-order valence-corrected chi connectivity index (χ0v) is 19.4. The summed E-state index contributed by atoms with van der Waals surface area (Å²) in [7, 11) is -5.55. The second-order valence-electron chi connectivity index (χ2n) is 7.89. The summed E-state index contributed by atoms with van der Waals surface area (Å²) in [6.07, 6.45) is 2.00. The molecule has 23 heavy (non-hydrogen) atoms. The fraction of sp³-hybridized carbons (Fsp3) is 0.812. The summed E-state index contributed by atoms with van der Waals surface area (Å²) < 4.78 is 18.1. The first-order valence-electron chi connectivity index (χ1n) is 8.53. The van der Waals surface area contributed by atoms with Crippen LogP contribution in [0.15, 0.2) is 12.2 Å². The lowest BCUT2D eigenvalue weighted by Gasteiger charge is -2.38. The lowest BCUT2D eigenvalue weighted by Crippen LogP contribution is -2.52. The molecular formula is C16H36O4Si3. The third kappa shape index (κ3) is 11.0. The molecule has 0 N–H and O–H groups in total. The monoisotopic (exact) mass is 376 g/mol. The number of esters is 1. The minimum absolute atomic E-state index is 0.309. The maximum atomic E-state index is 11.4. The van der Waals surface area contributed by atoms with Crippen LogP contribution in [0.25, 0.3) is 0 Å². The van der Waals surface area contributed by atoms with Gasteiger partial charge in [0.25, 0.3) is 0 Å². The van der Waals surface area contributed by atoms with Gasteiger partial charge in [-0.1, -0.05) is 19.9 Å². The molecule has 0 saturated carbocycles. The standard InChI is InChI=1S/C16H36O4Si3/c1-10-13-21(4,5)19-23(8,9)20-22(6,7)14-11-12-18-16(17)15(2)3/h2,10-14H2,1,3-9H3. The maximum absolute atomic E-state index is 11.4. The third-order valence-electron chi connectivity index (χ3n) is 3.40. The van der Waals surface area contributed by atoms with Gasteiger partial charge < -0.3 is 13.0 Å². The molecule has 0 atom stereocenters. The molecule has 0 radical (unpaired) electrons. The Bertz CT molecular complexity index is 406. The average Bonchev–Trinajstić information content (AvgIpc) is 2.30. The average molecular weight is 377 g/mol. The van der Waals surface area contributed by atoms with Crippen molar-refractivity contribution in [3.63, 3.8) is 0 Å². The molecule has 0 aliphatic carbocycles. The number of carbonyl (C=O) groups excluding carboxylic acids is 1. The van der Waals surface area contributed by atoms with Crippen LogP contribution in [0.1, 0.15) is 26.7 Å². The summed E-state index contributed by atoms with van der Waals surface area (Å²) in [5.41, 5.74) is 0.447. The van der Waals surface area contributed by atoms with Gasteiger partial charge in [0.15, 0.2) is 16.6 Å². The molecule has 0 spiro atoms. The molecule has 0 aromatic rings. The Labute approximate surface area is 146 Å². The molecule has 0 saturated heterocycles. The Morgan fingerprint density at radius 2 is 1.43 bits per heavy atom. The van der Waals surface area contributed by atoms with E-state index in [1.807, 2.05) is 0 Å². The van der Waals surface area contributed by atoms with Gasteiger partial charge in [-0.05, 0) is 64.7 Å². The summed E-state index contributed by atoms with van der Waals surface area (Å²) in [6, 6.07) is 2.14. The number of ether oxygens (including phenoxy) is 1. The van der Waals surface area contributed by atoms with Crippen molar-refractivity contribution in [2.45, 2.75) is 78.1 Å². The van der Waals surface area contributed by atoms with Crippen molar-refractivity contribution in [3.05, 3.63) is 12.2 Å². The first-order valence-corrected chi connectivity index (χ1v) is 17.6. The Morgan fingerprint density at radius 3 is 1.87 bits per heavy atom. The summed E-state index contributed by atoms with van der Waals surface area (Å²) in [5.74, 6) is -0.309. The minimum Gasteiger partial charge on any atom is -0.462 e. The van der Waals surface area contributed by atoms with Gasteiger partial charge in [-0.15, -0.1) is 0 Å². The van der Waals surface area contributed by atoms with Crippen LogP contribution in [0.2, 0.25) is 51.4 Å². The van der Waals surface area contributed by atoms with Crippen molar-refractivity contribution < 1.29 is 17.8 Å². The Kier molecular flexibility index (Phi) is 9.22. The molecule has 0 unspecified atom stereocenters. The Balaban J connectivity index is 4.37. The quantitative estimate of drug-likeness (QED) is 0.219. The molecule has 0 fully saturated rings. The van der Waals surface area contributed by atoms with Crippen LogP contribution in [0.4, 0.5) is 0 Å². The Morgan fingerprint density at radius 1 is 0.957 bits per heavy atom. The van der Waals surface area contributed by atoms with Crippen molar-refractivity contribution in [1.82, 2.24) is 0 Å². The molecule has 136 valence electrons. The first kappa shape index (κ1) is 22.8. The molecule has 4 nitrogen and oxygen atoms in total. The van der Waals surface area contributed by atoms with E-state index in [1.54, 1.807) is 6.92 Å². The minimum atomic E-state index is -2.11. The van der Waals surface area contributed by atoms with Gasteiger partial charge in [-0.25, -0.2) is 4.79 Å². The maximum Gasteiger partial charge on any atom is 0.333 e. The van der Waals surface area contributed by atoms with Crippen molar-refractivity contribution in [3.8, 4) is 0 Å². The third-order valence-corrected chi connectivity index (χ3v) is 15.0. The van der Waals surface area contributed by atoms with E-state index < -0.39 is 25.2 Å². The Hall–Kier alpha value is -0.219. The molecule has 0 aliphatic rings. The van der Waals surface area contributed by atoms with Crippen LogP contribution < -0.4 is 0 Å². The van der Waals surface area contributed by atoms with Crippen LogP contribution in [-0.4, -0.2) is 37.8 Å². The summed E-state index contributed by atoms with van der Waals surface area (Å²) >= 11 is 0. The molecule has 0 aliphatic heterocycles. The fourth-order valence-electron chi connectivity index (χ4n) is 2.84. The van der Waals surface area contributed by atoms with Gasteiger partial charge >= 0.3 is 14.5 Å². The number of rotatable bonds is 11. The van der Waals surface area contributed by atoms with Crippen molar-refractivity contribution >= 4 is 31.2 Å². The van der Waals surface area contributed by atoms with Crippen LogP contribution >= 0.6 is 0 Å². The number of hydrogen-bond acceptors (Lipinski definition) is 4. The van der Waals surface area contributed by atoms with E-state index in [4.69, 9.17) is 13.0 Å². The summed E-state index contributed by atoms with van der Waals surface area (Å²) in [4.78, 5) is 11.4. The highest BCUT2D eigenvalue weighted by Gasteiger charge is 2.39. The second kappa shape index (κ2) is 9.31. The van der Waals surface area contributed by atoms with Gasteiger partial charge in [0.2, 0.25) is 0 Å². The van der Waals surface area contributed by atoms with E-state index in [0.29, 0.717) is 12.2 Å². The zero-order valence-electron chi connectivity index (χ0n) is 16.4. The predicted molar refractivity (Wildman–Crippen MR) is 105 cm³/mol. The first-order chi connectivity index (χ1) is 10.3. The van der Waals surface area contributed by atoms with Crippen LogP contribution in [-0.2, 0) is 17.8 Å². The van der Waals surface area contributed by atoms with Gasteiger partial charge in [0, 0.05) is 5.57 Å². The van der Waals surface area contributed by atoms with E-state index >= 15 is 0 Å². The van der Waals surface area contributed by atoms with E-state index in [9.17, 15) is 4.79 Å². The summed E-state index contributed by atoms with van der Waals surface area (Å²) in [5, 5.41) is 0. The van der Waals surface area contributed by atoms with Crippen molar-refractivity contribution in [2.24, 2.45) is 0 Å². The largest absolute Gasteiger partial charge is 0.462 e.